The van der Waals surface area contributed by atoms with Gasteiger partial charge in [-0.05, 0) is 12.2 Å². The first-order valence-corrected chi connectivity index (χ1v) is 7.55. The highest BCUT2D eigenvalue weighted by molar-refractivity contribution is 7.80. The van der Waals surface area contributed by atoms with Crippen LogP contribution in [0, 0.1) is 0 Å². The second kappa shape index (κ2) is 12.4. The molecule has 0 fully saturated rings. The molecule has 0 rings (SSSR count). The molecule has 7 heteroatoms. The standard InChI is InChI=1S/C11H26O5SSi/c1-12-5-7-14-11(10-16-18,4-3-9-17)15-8-6-13-2/h17H,3-10H2,1-2,18H3. The van der Waals surface area contributed by atoms with Crippen LogP contribution in [-0.4, -0.2) is 69.3 Å². The maximum atomic E-state index is 5.82. The SMILES string of the molecule is COCCOC(CCCS)(CO[SiH3])OCCOC. The number of hydrogen-bond donors (Lipinski definition) is 1. The lowest BCUT2D eigenvalue weighted by molar-refractivity contribution is -0.260. The van der Waals surface area contributed by atoms with Crippen molar-refractivity contribution in [2.75, 3.05) is 53.0 Å². The molecule has 0 aromatic carbocycles. The first-order valence-electron chi connectivity index (χ1n) is 6.10. The Hall–Kier alpha value is 0.367. The number of hydrogen-bond acceptors (Lipinski definition) is 6. The lowest BCUT2D eigenvalue weighted by atomic mass is 10.1. The largest absolute Gasteiger partial charge is 0.422 e. The third-order valence-electron chi connectivity index (χ3n) is 2.39. The average Bonchev–Trinajstić information content (AvgIpc) is 2.37. The molecule has 0 saturated heterocycles. The van der Waals surface area contributed by atoms with Gasteiger partial charge in [0.1, 0.15) is 10.5 Å². The van der Waals surface area contributed by atoms with Crippen LogP contribution in [0.3, 0.4) is 0 Å². The highest BCUT2D eigenvalue weighted by atomic mass is 32.1. The number of methoxy groups -OCH3 is 2. The third kappa shape index (κ3) is 8.47. The van der Waals surface area contributed by atoms with Gasteiger partial charge in [0.15, 0.2) is 5.79 Å². The van der Waals surface area contributed by atoms with Crippen LogP contribution in [0.5, 0.6) is 0 Å². The van der Waals surface area contributed by atoms with E-state index in [1.807, 2.05) is 0 Å². The zero-order valence-electron chi connectivity index (χ0n) is 11.6. The topological polar surface area (TPSA) is 46.2 Å². The minimum Gasteiger partial charge on any atom is -0.422 e. The van der Waals surface area contributed by atoms with Gasteiger partial charge in [0.25, 0.3) is 0 Å². The lowest BCUT2D eigenvalue weighted by Gasteiger charge is -2.33. The summed E-state index contributed by atoms with van der Waals surface area (Å²) in [5.41, 5.74) is 0. The lowest BCUT2D eigenvalue weighted by Crippen LogP contribution is -2.42. The quantitative estimate of drug-likeness (QED) is 0.225. The molecule has 110 valence electrons. The smallest absolute Gasteiger partial charge is 0.190 e. The Kier molecular flexibility index (Phi) is 12.7. The Labute approximate surface area is 118 Å². The minimum absolute atomic E-state index is 0.445. The van der Waals surface area contributed by atoms with E-state index in [1.165, 1.54) is 0 Å². The Morgan fingerprint density at radius 1 is 1.00 bits per heavy atom. The normalized spacial score (nSPS) is 12.2. The van der Waals surface area contributed by atoms with Crippen LogP contribution in [0.15, 0.2) is 0 Å². The van der Waals surface area contributed by atoms with Crippen molar-refractivity contribution in [3.8, 4) is 0 Å². The summed E-state index contributed by atoms with van der Waals surface area (Å²) in [5.74, 6) is 0.103. The van der Waals surface area contributed by atoms with Crippen molar-refractivity contribution in [2.24, 2.45) is 0 Å². The van der Waals surface area contributed by atoms with E-state index in [0.717, 1.165) is 18.6 Å². The van der Waals surface area contributed by atoms with Crippen LogP contribution in [0.4, 0.5) is 0 Å². The maximum Gasteiger partial charge on any atom is 0.190 e. The van der Waals surface area contributed by atoms with Gasteiger partial charge >= 0.3 is 0 Å². The fourth-order valence-corrected chi connectivity index (χ4v) is 2.13. The van der Waals surface area contributed by atoms with Crippen molar-refractivity contribution < 1.29 is 23.4 Å². The van der Waals surface area contributed by atoms with E-state index in [1.54, 1.807) is 14.2 Å². The van der Waals surface area contributed by atoms with Gasteiger partial charge < -0.3 is 23.4 Å². The molecule has 0 atom stereocenters. The molecule has 0 aromatic heterocycles. The number of rotatable bonds is 13. The number of ether oxygens (including phenoxy) is 4. The fourth-order valence-electron chi connectivity index (χ4n) is 1.53. The van der Waals surface area contributed by atoms with Gasteiger partial charge in [0, 0.05) is 20.6 Å². The third-order valence-corrected chi connectivity index (χ3v) is 2.99. The molecule has 0 saturated carbocycles. The highest BCUT2D eigenvalue weighted by Crippen LogP contribution is 2.21. The van der Waals surface area contributed by atoms with Crippen LogP contribution < -0.4 is 0 Å². The molecule has 0 amide bonds. The van der Waals surface area contributed by atoms with Gasteiger partial charge in [0.2, 0.25) is 0 Å². The highest BCUT2D eigenvalue weighted by Gasteiger charge is 2.31. The maximum absolute atomic E-state index is 5.82. The predicted octanol–water partition coefficient (Wildman–Crippen LogP) is 0.0157. The second-order valence-electron chi connectivity index (χ2n) is 3.85. The van der Waals surface area contributed by atoms with Crippen LogP contribution >= 0.6 is 12.6 Å². The van der Waals surface area contributed by atoms with Crippen LogP contribution in [0.1, 0.15) is 12.8 Å². The molecule has 0 heterocycles. The fraction of sp³-hybridized carbons (Fsp3) is 1.00. The Bertz CT molecular complexity index is 175. The zero-order valence-corrected chi connectivity index (χ0v) is 14.5. The molecule has 0 N–H and O–H groups in total. The van der Waals surface area contributed by atoms with Gasteiger partial charge in [-0.3, -0.25) is 0 Å². The first kappa shape index (κ1) is 18.4. The van der Waals surface area contributed by atoms with Gasteiger partial charge in [-0.1, -0.05) is 0 Å². The van der Waals surface area contributed by atoms with E-state index in [4.69, 9.17) is 23.4 Å². The molecule has 18 heavy (non-hydrogen) atoms. The summed E-state index contributed by atoms with van der Waals surface area (Å²) in [6.07, 6.45) is 1.67. The predicted molar refractivity (Wildman–Crippen MR) is 77.4 cm³/mol. The Morgan fingerprint density at radius 3 is 1.94 bits per heavy atom. The van der Waals surface area contributed by atoms with Crippen molar-refractivity contribution in [1.29, 1.82) is 0 Å². The van der Waals surface area contributed by atoms with E-state index >= 15 is 0 Å². The van der Waals surface area contributed by atoms with Crippen LogP contribution in [-0.2, 0) is 23.4 Å². The Balaban J connectivity index is 4.34. The molecule has 0 radical (unpaired) electrons. The summed E-state index contributed by atoms with van der Waals surface area (Å²) in [4.78, 5) is 0. The molecular formula is C11H26O5SSi. The van der Waals surface area contributed by atoms with Crippen molar-refractivity contribution in [1.82, 2.24) is 0 Å². The summed E-state index contributed by atoms with van der Waals surface area (Å²) in [7, 11) is 3.95. The van der Waals surface area contributed by atoms with E-state index < -0.39 is 5.79 Å². The Morgan fingerprint density at radius 2 is 1.56 bits per heavy atom. The number of thiol groups is 1. The van der Waals surface area contributed by atoms with Gasteiger partial charge in [-0.15, -0.1) is 0 Å². The monoisotopic (exact) mass is 298 g/mol. The van der Waals surface area contributed by atoms with Gasteiger partial charge in [-0.25, -0.2) is 0 Å². The van der Waals surface area contributed by atoms with Gasteiger partial charge in [-0.2, -0.15) is 12.6 Å². The van der Waals surface area contributed by atoms with E-state index in [0.29, 0.717) is 43.5 Å². The van der Waals surface area contributed by atoms with Crippen molar-refractivity contribution in [3.63, 3.8) is 0 Å². The zero-order chi connectivity index (χ0) is 13.7. The summed E-state index contributed by atoms with van der Waals surface area (Å²) < 4.78 is 27.0. The van der Waals surface area contributed by atoms with Crippen LogP contribution in [0.2, 0.25) is 0 Å². The summed E-state index contributed by atoms with van der Waals surface area (Å²) >= 11 is 4.23. The molecule has 0 unspecified atom stereocenters. The first-order chi connectivity index (χ1) is 8.74. The molecule has 0 aliphatic rings. The molecule has 0 bridgehead atoms. The molecule has 0 aliphatic carbocycles. The average molecular weight is 298 g/mol. The van der Waals surface area contributed by atoms with E-state index in [2.05, 4.69) is 12.6 Å². The second-order valence-corrected chi connectivity index (χ2v) is 4.88. The summed E-state index contributed by atoms with van der Waals surface area (Å²) in [5, 5.41) is 0. The summed E-state index contributed by atoms with van der Waals surface area (Å²) in [6.45, 7) is 2.50. The van der Waals surface area contributed by atoms with Crippen molar-refractivity contribution in [3.05, 3.63) is 0 Å². The van der Waals surface area contributed by atoms with E-state index in [9.17, 15) is 0 Å². The molecule has 5 nitrogen and oxygen atoms in total. The molecular weight excluding hydrogens is 272 g/mol. The summed E-state index contributed by atoms with van der Waals surface area (Å²) in [6, 6.07) is 0. The van der Waals surface area contributed by atoms with Crippen molar-refractivity contribution in [2.45, 2.75) is 18.6 Å². The van der Waals surface area contributed by atoms with Crippen LogP contribution in [0.25, 0.3) is 0 Å². The van der Waals surface area contributed by atoms with Crippen molar-refractivity contribution >= 4 is 23.1 Å². The molecule has 0 aromatic rings. The molecule has 0 aliphatic heterocycles. The van der Waals surface area contributed by atoms with Gasteiger partial charge in [0.05, 0.1) is 33.0 Å². The molecule has 0 spiro atoms. The van der Waals surface area contributed by atoms with E-state index in [-0.39, 0.29) is 0 Å². The minimum atomic E-state index is -0.693.